The molecule has 0 spiro atoms. The summed E-state index contributed by atoms with van der Waals surface area (Å²) in [7, 11) is 0. The third-order valence-electron chi connectivity index (χ3n) is 4.99. The van der Waals surface area contributed by atoms with Crippen molar-refractivity contribution in [2.75, 3.05) is 0 Å². The van der Waals surface area contributed by atoms with Crippen molar-refractivity contribution in [3.8, 4) is 0 Å². The van der Waals surface area contributed by atoms with Crippen LogP contribution >= 0.6 is 0 Å². The van der Waals surface area contributed by atoms with Crippen LogP contribution in [0.1, 0.15) is 66.7 Å². The lowest BCUT2D eigenvalue weighted by atomic mass is 9.59. The van der Waals surface area contributed by atoms with E-state index in [2.05, 4.69) is 34.6 Å². The zero-order valence-electron chi connectivity index (χ0n) is 11.4. The Kier molecular flexibility index (Phi) is 5.15. The Labute approximate surface area is 96.8 Å². The molecule has 0 saturated heterocycles. The smallest absolute Gasteiger partial charge is 0.0355 e. The van der Waals surface area contributed by atoms with Gasteiger partial charge < -0.3 is 0 Å². The van der Waals surface area contributed by atoms with E-state index < -0.39 is 0 Å². The van der Waals surface area contributed by atoms with E-state index in [9.17, 15) is 0 Å². The van der Waals surface area contributed by atoms with Crippen LogP contribution < -0.4 is 0 Å². The molecule has 4 unspecified atom stereocenters. The second-order valence-corrected chi connectivity index (χ2v) is 5.84. The maximum absolute atomic E-state index is 2.50. The molecule has 1 saturated carbocycles. The molecule has 1 aliphatic carbocycles. The van der Waals surface area contributed by atoms with Gasteiger partial charge in [-0.1, -0.05) is 53.9 Å². The van der Waals surface area contributed by atoms with Crippen LogP contribution in [0.25, 0.3) is 0 Å². The summed E-state index contributed by atoms with van der Waals surface area (Å²) in [4.78, 5) is 0. The molecular weight excluding hydrogens is 180 g/mol. The molecule has 1 aliphatic rings. The molecule has 0 radical (unpaired) electrons. The predicted octanol–water partition coefficient (Wildman–Crippen LogP) is 5.13. The fourth-order valence-corrected chi connectivity index (χ4v) is 3.69. The first-order valence-electron chi connectivity index (χ1n) is 7.13. The Bertz CT molecular complexity index is 169. The van der Waals surface area contributed by atoms with Crippen molar-refractivity contribution in [3.63, 3.8) is 0 Å². The van der Waals surface area contributed by atoms with Crippen molar-refractivity contribution in [2.45, 2.75) is 66.7 Å². The van der Waals surface area contributed by atoms with Gasteiger partial charge in [0.25, 0.3) is 0 Å². The lowest BCUT2D eigenvalue weighted by Gasteiger charge is -2.47. The normalized spacial score (nSPS) is 32.8. The molecule has 0 bridgehead atoms. The largest absolute Gasteiger partial charge is 0.0651 e. The standard InChI is InChI=1S/C15H30/c1-6-13(7-2)9-11(4)15-10-12(5)14(15)8-3/h11-15H,6-10H2,1-5H3. The molecule has 0 aromatic carbocycles. The number of hydrogen-bond donors (Lipinski definition) is 0. The number of rotatable bonds is 6. The number of hydrogen-bond acceptors (Lipinski definition) is 0. The van der Waals surface area contributed by atoms with E-state index in [4.69, 9.17) is 0 Å². The molecule has 0 amide bonds. The van der Waals surface area contributed by atoms with Gasteiger partial charge in [-0.2, -0.15) is 0 Å². The van der Waals surface area contributed by atoms with E-state index in [-0.39, 0.29) is 0 Å². The fourth-order valence-electron chi connectivity index (χ4n) is 3.69. The first-order chi connectivity index (χ1) is 7.13. The highest BCUT2D eigenvalue weighted by Gasteiger charge is 2.39. The highest BCUT2D eigenvalue weighted by molar-refractivity contribution is 4.89. The van der Waals surface area contributed by atoms with E-state index in [1.54, 1.807) is 0 Å². The van der Waals surface area contributed by atoms with E-state index in [0.717, 1.165) is 29.6 Å². The quantitative estimate of drug-likeness (QED) is 0.570. The Balaban J connectivity index is 2.37. The SMILES string of the molecule is CCC(CC)CC(C)C1CC(C)C1CC. The zero-order valence-corrected chi connectivity index (χ0v) is 11.4. The van der Waals surface area contributed by atoms with Gasteiger partial charge in [0.05, 0.1) is 0 Å². The molecule has 0 heterocycles. The maximum atomic E-state index is 2.50. The molecule has 0 aromatic rings. The average molecular weight is 210 g/mol. The second-order valence-electron chi connectivity index (χ2n) is 5.84. The van der Waals surface area contributed by atoms with Crippen LogP contribution in [-0.4, -0.2) is 0 Å². The van der Waals surface area contributed by atoms with Gasteiger partial charge >= 0.3 is 0 Å². The van der Waals surface area contributed by atoms with Crippen LogP contribution in [0.5, 0.6) is 0 Å². The highest BCUT2D eigenvalue weighted by Crippen LogP contribution is 2.48. The summed E-state index contributed by atoms with van der Waals surface area (Å²) in [5, 5.41) is 0. The Morgan fingerprint density at radius 1 is 1.13 bits per heavy atom. The van der Waals surface area contributed by atoms with Crippen molar-refractivity contribution in [1.82, 2.24) is 0 Å². The second kappa shape index (κ2) is 5.92. The van der Waals surface area contributed by atoms with Crippen LogP contribution in [0.4, 0.5) is 0 Å². The minimum atomic E-state index is 0.969. The summed E-state index contributed by atoms with van der Waals surface area (Å²) < 4.78 is 0. The Morgan fingerprint density at radius 2 is 1.73 bits per heavy atom. The predicted molar refractivity (Wildman–Crippen MR) is 68.9 cm³/mol. The molecule has 0 N–H and O–H groups in total. The van der Waals surface area contributed by atoms with Gasteiger partial charge in [0.15, 0.2) is 0 Å². The summed E-state index contributed by atoms with van der Waals surface area (Å²) in [5.41, 5.74) is 0. The van der Waals surface area contributed by atoms with Gasteiger partial charge in [-0.25, -0.2) is 0 Å². The van der Waals surface area contributed by atoms with E-state index in [1.807, 2.05) is 0 Å². The van der Waals surface area contributed by atoms with Gasteiger partial charge in [-0.3, -0.25) is 0 Å². The van der Waals surface area contributed by atoms with Crippen molar-refractivity contribution in [3.05, 3.63) is 0 Å². The van der Waals surface area contributed by atoms with E-state index in [0.29, 0.717) is 0 Å². The van der Waals surface area contributed by atoms with Gasteiger partial charge in [0, 0.05) is 0 Å². The van der Waals surface area contributed by atoms with Crippen molar-refractivity contribution in [1.29, 1.82) is 0 Å². The molecule has 90 valence electrons. The molecule has 15 heavy (non-hydrogen) atoms. The van der Waals surface area contributed by atoms with Gasteiger partial charge in [-0.15, -0.1) is 0 Å². The molecule has 1 fully saturated rings. The van der Waals surface area contributed by atoms with Crippen LogP contribution in [0.15, 0.2) is 0 Å². The first kappa shape index (κ1) is 13.1. The van der Waals surface area contributed by atoms with Crippen LogP contribution in [0.2, 0.25) is 0 Å². The molecule has 0 nitrogen and oxygen atoms in total. The molecule has 0 aliphatic heterocycles. The van der Waals surface area contributed by atoms with Gasteiger partial charge in [0.1, 0.15) is 0 Å². The van der Waals surface area contributed by atoms with Crippen molar-refractivity contribution >= 4 is 0 Å². The van der Waals surface area contributed by atoms with Crippen molar-refractivity contribution in [2.24, 2.45) is 29.6 Å². The maximum Gasteiger partial charge on any atom is -0.0355 e. The lowest BCUT2D eigenvalue weighted by Crippen LogP contribution is -2.39. The Hall–Kier alpha value is 0. The highest BCUT2D eigenvalue weighted by atomic mass is 14.4. The minimum absolute atomic E-state index is 0.969. The molecule has 1 rings (SSSR count). The Morgan fingerprint density at radius 3 is 2.13 bits per heavy atom. The summed E-state index contributed by atoms with van der Waals surface area (Å²) in [5.74, 6) is 5.04. The van der Waals surface area contributed by atoms with Crippen LogP contribution in [0, 0.1) is 29.6 Å². The zero-order chi connectivity index (χ0) is 11.4. The summed E-state index contributed by atoms with van der Waals surface area (Å²) in [6.45, 7) is 12.0. The monoisotopic (exact) mass is 210 g/mol. The third kappa shape index (κ3) is 2.98. The summed E-state index contributed by atoms with van der Waals surface area (Å²) in [6, 6.07) is 0. The summed E-state index contributed by atoms with van der Waals surface area (Å²) >= 11 is 0. The minimum Gasteiger partial charge on any atom is -0.0651 e. The topological polar surface area (TPSA) is 0 Å². The van der Waals surface area contributed by atoms with Crippen molar-refractivity contribution < 1.29 is 0 Å². The van der Waals surface area contributed by atoms with Gasteiger partial charge in [-0.05, 0) is 42.4 Å². The van der Waals surface area contributed by atoms with Gasteiger partial charge in [0.2, 0.25) is 0 Å². The first-order valence-corrected chi connectivity index (χ1v) is 7.13. The molecular formula is C15H30. The molecule has 0 aromatic heterocycles. The fraction of sp³-hybridized carbons (Fsp3) is 1.00. The van der Waals surface area contributed by atoms with Crippen LogP contribution in [0.3, 0.4) is 0 Å². The average Bonchev–Trinajstić information content (AvgIpc) is 2.22. The van der Waals surface area contributed by atoms with E-state index in [1.165, 1.54) is 32.1 Å². The van der Waals surface area contributed by atoms with Crippen LogP contribution in [-0.2, 0) is 0 Å². The third-order valence-corrected chi connectivity index (χ3v) is 4.99. The summed E-state index contributed by atoms with van der Waals surface area (Å²) in [6.07, 6.45) is 7.12. The molecule has 0 heteroatoms. The lowest BCUT2D eigenvalue weighted by molar-refractivity contribution is 0.0277. The molecule has 4 atom stereocenters. The van der Waals surface area contributed by atoms with E-state index >= 15 is 0 Å².